The summed E-state index contributed by atoms with van der Waals surface area (Å²) in [5.74, 6) is 0.0789. The minimum Gasteiger partial charge on any atom is -0.507 e. The Morgan fingerprint density at radius 1 is 0.872 bits per heavy atom. The Balaban J connectivity index is 1.35. The monoisotopic (exact) mass is 665 g/mol. The van der Waals surface area contributed by atoms with Gasteiger partial charge in [-0.05, 0) is 71.1 Å². The molecule has 0 saturated carbocycles. The van der Waals surface area contributed by atoms with Gasteiger partial charge in [-0.2, -0.15) is 0 Å². The summed E-state index contributed by atoms with van der Waals surface area (Å²) in [7, 11) is 0. The van der Waals surface area contributed by atoms with Crippen molar-refractivity contribution in [2.45, 2.75) is 49.2 Å². The number of benzene rings is 4. The summed E-state index contributed by atoms with van der Waals surface area (Å²) in [4.78, 5) is 28.8. The van der Waals surface area contributed by atoms with Crippen molar-refractivity contribution in [3.8, 4) is 11.5 Å². The molecule has 1 atom stereocenters. The number of Topliss-reactive ketones (excluding diaryl/α,β-unsaturated/α-hetero) is 1. The van der Waals surface area contributed by atoms with Crippen LogP contribution in [0.1, 0.15) is 55.8 Å². The van der Waals surface area contributed by atoms with Crippen LogP contribution in [0.5, 0.6) is 11.5 Å². The highest BCUT2D eigenvalue weighted by atomic mass is 32.2. The summed E-state index contributed by atoms with van der Waals surface area (Å²) < 4.78 is 12.3. The zero-order valence-corrected chi connectivity index (χ0v) is 27.9. The lowest BCUT2D eigenvalue weighted by molar-refractivity contribution is -0.132. The van der Waals surface area contributed by atoms with Crippen LogP contribution in [-0.4, -0.2) is 40.2 Å². The Kier molecular flexibility index (Phi) is 10.2. The van der Waals surface area contributed by atoms with Crippen LogP contribution in [-0.2, 0) is 15.3 Å². The first-order valence-electron chi connectivity index (χ1n) is 15.7. The molecular weight excluding hydrogens is 631 g/mol. The van der Waals surface area contributed by atoms with E-state index in [1.54, 1.807) is 24.3 Å². The van der Waals surface area contributed by atoms with Gasteiger partial charge in [-0.15, -0.1) is 10.2 Å². The number of ketones is 1. The second-order valence-corrected chi connectivity index (χ2v) is 13.3. The van der Waals surface area contributed by atoms with E-state index in [1.165, 1.54) is 33.4 Å². The Labute approximate surface area is 282 Å². The van der Waals surface area contributed by atoms with E-state index in [0.29, 0.717) is 45.9 Å². The molecule has 1 fully saturated rings. The first kappa shape index (κ1) is 32.3. The number of rotatable bonds is 13. The zero-order chi connectivity index (χ0) is 32.8. The molecule has 0 spiro atoms. The summed E-state index contributed by atoms with van der Waals surface area (Å²) >= 11 is 2.76. The number of fused-ring (bicyclic) bond motifs is 1. The number of thioether (sulfide) groups is 1. The van der Waals surface area contributed by atoms with Crippen LogP contribution in [0.4, 0.5) is 5.13 Å². The molecule has 240 valence electrons. The number of hydrogen-bond donors (Lipinski definition) is 1. The fraction of sp³-hybridized carbons (Fsp3) is 0.243. The fourth-order valence-electron chi connectivity index (χ4n) is 5.45. The van der Waals surface area contributed by atoms with E-state index in [4.69, 9.17) is 9.47 Å². The van der Waals surface area contributed by atoms with Crippen molar-refractivity contribution in [1.82, 2.24) is 10.2 Å². The molecule has 1 aromatic heterocycles. The largest absolute Gasteiger partial charge is 0.507 e. The van der Waals surface area contributed by atoms with Gasteiger partial charge < -0.3 is 14.6 Å². The average Bonchev–Trinajstić information content (AvgIpc) is 3.68. The SMILES string of the molecule is CCCCOc1cccc(C2C(=C(O)c3ccc(OCCC)cc3)C(=O)C(=O)N2c2nnc(SCc3cccc4ccccc34)s2)c1. The molecule has 4 aromatic carbocycles. The van der Waals surface area contributed by atoms with Gasteiger partial charge in [-0.1, -0.05) is 98.0 Å². The average molecular weight is 666 g/mol. The molecule has 5 aromatic rings. The van der Waals surface area contributed by atoms with E-state index in [0.717, 1.165) is 30.2 Å². The number of ether oxygens (including phenoxy) is 2. The lowest BCUT2D eigenvalue weighted by atomic mass is 9.95. The molecule has 1 unspecified atom stereocenters. The maximum atomic E-state index is 13.8. The summed E-state index contributed by atoms with van der Waals surface area (Å²) in [6.45, 7) is 5.22. The highest BCUT2D eigenvalue weighted by Gasteiger charge is 2.48. The van der Waals surface area contributed by atoms with E-state index in [-0.39, 0.29) is 16.5 Å². The van der Waals surface area contributed by atoms with Crippen molar-refractivity contribution in [3.63, 3.8) is 0 Å². The number of carbonyl (C=O) groups excluding carboxylic acids is 2. The topological polar surface area (TPSA) is 102 Å². The Morgan fingerprint density at radius 3 is 2.45 bits per heavy atom. The van der Waals surface area contributed by atoms with Crippen molar-refractivity contribution < 1.29 is 24.2 Å². The molecule has 1 aliphatic rings. The molecule has 1 aliphatic heterocycles. The molecular formula is C37H35N3O5S2. The minimum absolute atomic E-state index is 0.0249. The van der Waals surface area contributed by atoms with Crippen LogP contribution in [0, 0.1) is 0 Å². The van der Waals surface area contributed by atoms with Crippen LogP contribution in [0.25, 0.3) is 16.5 Å². The number of aliphatic hydroxyl groups is 1. The number of aromatic nitrogens is 2. The van der Waals surface area contributed by atoms with Crippen LogP contribution in [0.3, 0.4) is 0 Å². The third-order valence-corrected chi connectivity index (χ3v) is 9.92. The van der Waals surface area contributed by atoms with Gasteiger partial charge in [0.2, 0.25) is 5.13 Å². The highest BCUT2D eigenvalue weighted by molar-refractivity contribution is 8.00. The van der Waals surface area contributed by atoms with Crippen molar-refractivity contribution in [1.29, 1.82) is 0 Å². The number of nitrogens with zero attached hydrogens (tertiary/aromatic N) is 3. The molecule has 1 saturated heterocycles. The number of amides is 1. The summed E-state index contributed by atoms with van der Waals surface area (Å²) in [6.07, 6.45) is 2.74. The molecule has 0 aliphatic carbocycles. The van der Waals surface area contributed by atoms with Gasteiger partial charge in [-0.3, -0.25) is 14.5 Å². The van der Waals surface area contributed by atoms with Crippen molar-refractivity contribution in [2.75, 3.05) is 18.1 Å². The van der Waals surface area contributed by atoms with Gasteiger partial charge in [0.15, 0.2) is 4.34 Å². The van der Waals surface area contributed by atoms with Gasteiger partial charge in [0.05, 0.1) is 24.8 Å². The number of carbonyl (C=O) groups is 2. The first-order chi connectivity index (χ1) is 23.0. The molecule has 0 radical (unpaired) electrons. The number of unbranched alkanes of at least 4 members (excludes halogenated alkanes) is 1. The van der Waals surface area contributed by atoms with E-state index in [2.05, 4.69) is 41.4 Å². The predicted molar refractivity (Wildman–Crippen MR) is 187 cm³/mol. The maximum Gasteiger partial charge on any atom is 0.301 e. The van der Waals surface area contributed by atoms with Crippen molar-refractivity contribution in [3.05, 3.63) is 113 Å². The van der Waals surface area contributed by atoms with Crippen molar-refractivity contribution in [2.24, 2.45) is 0 Å². The van der Waals surface area contributed by atoms with Gasteiger partial charge in [0.1, 0.15) is 17.3 Å². The molecule has 2 heterocycles. The zero-order valence-electron chi connectivity index (χ0n) is 26.2. The Morgan fingerprint density at radius 2 is 1.64 bits per heavy atom. The smallest absolute Gasteiger partial charge is 0.301 e. The van der Waals surface area contributed by atoms with Gasteiger partial charge >= 0.3 is 5.91 Å². The van der Waals surface area contributed by atoms with Crippen LogP contribution >= 0.6 is 23.1 Å². The van der Waals surface area contributed by atoms with Crippen LogP contribution in [0.15, 0.2) is 101 Å². The summed E-state index contributed by atoms with van der Waals surface area (Å²) in [5.41, 5.74) is 2.15. The van der Waals surface area contributed by atoms with Crippen LogP contribution < -0.4 is 14.4 Å². The molecule has 1 amide bonds. The standard InChI is InChI=1S/C37H35N3O5S2/c1-3-5-21-45-29-14-9-12-26(22-29)32-31(33(41)25-16-18-28(19-17-25)44-20-4-2)34(42)35(43)40(32)36-38-39-37(47-36)46-23-27-13-8-11-24-10-6-7-15-30(24)27/h6-19,22,32,41H,3-5,20-21,23H2,1-2H3. The van der Waals surface area contributed by atoms with Crippen molar-refractivity contribution >= 4 is 56.5 Å². The highest BCUT2D eigenvalue weighted by Crippen LogP contribution is 2.45. The normalized spacial score (nSPS) is 15.8. The lowest BCUT2D eigenvalue weighted by Crippen LogP contribution is -2.29. The van der Waals surface area contributed by atoms with E-state index in [1.807, 2.05) is 49.4 Å². The second-order valence-electron chi connectivity index (χ2n) is 11.1. The fourth-order valence-corrected chi connectivity index (χ4v) is 7.33. The molecule has 1 N–H and O–H groups in total. The number of aliphatic hydroxyl groups excluding tert-OH is 1. The Bertz CT molecular complexity index is 1920. The van der Waals surface area contributed by atoms with E-state index < -0.39 is 17.7 Å². The minimum atomic E-state index is -0.940. The quantitative estimate of drug-likeness (QED) is 0.0333. The first-order valence-corrected chi connectivity index (χ1v) is 17.5. The van der Waals surface area contributed by atoms with E-state index >= 15 is 0 Å². The third-order valence-electron chi connectivity index (χ3n) is 7.82. The Hall–Kier alpha value is -4.67. The molecule has 6 rings (SSSR count). The third kappa shape index (κ3) is 7.03. The van der Waals surface area contributed by atoms with Gasteiger partial charge in [0, 0.05) is 11.3 Å². The molecule has 10 heteroatoms. The summed E-state index contributed by atoms with van der Waals surface area (Å²) in [5, 5.41) is 22.9. The van der Waals surface area contributed by atoms with E-state index in [9.17, 15) is 14.7 Å². The lowest BCUT2D eigenvalue weighted by Gasteiger charge is -2.23. The van der Waals surface area contributed by atoms with Gasteiger partial charge in [-0.25, -0.2) is 0 Å². The van der Waals surface area contributed by atoms with Gasteiger partial charge in [0.25, 0.3) is 5.78 Å². The summed E-state index contributed by atoms with van der Waals surface area (Å²) in [6, 6.07) is 27.6. The maximum absolute atomic E-state index is 13.8. The predicted octanol–water partition coefficient (Wildman–Crippen LogP) is 8.58. The molecule has 47 heavy (non-hydrogen) atoms. The number of anilines is 1. The second kappa shape index (κ2) is 14.8. The molecule has 8 nitrogen and oxygen atoms in total. The number of hydrogen-bond acceptors (Lipinski definition) is 9. The van der Waals surface area contributed by atoms with Crippen LogP contribution in [0.2, 0.25) is 0 Å². The molecule has 0 bridgehead atoms.